The summed E-state index contributed by atoms with van der Waals surface area (Å²) >= 11 is 5.55. The molecule has 4 heterocycles. The van der Waals surface area contributed by atoms with Crippen molar-refractivity contribution in [2.45, 2.75) is 6.17 Å². The predicted octanol–water partition coefficient (Wildman–Crippen LogP) is 13.0. The largest absolute Gasteiger partial charge is 0.344 e. The topological polar surface area (TPSA) is 36.8 Å². The van der Waals surface area contributed by atoms with E-state index < -0.39 is 0 Å². The fraction of sp³-hybridized carbons (Fsp3) is 0.0222. The summed E-state index contributed by atoms with van der Waals surface area (Å²) in [5, 5.41) is 11.4. The molecule has 1 N–H and O–H groups in total. The lowest BCUT2D eigenvalue weighted by atomic mass is 9.97. The summed E-state index contributed by atoms with van der Waals surface area (Å²) in [4.78, 5) is 10.6. The number of nitrogens with one attached hydrogen (secondary N) is 1. The maximum atomic E-state index is 5.30. The molecule has 0 radical (unpaired) electrons. The molecule has 51 heavy (non-hydrogen) atoms. The quantitative estimate of drug-likeness (QED) is 0.194. The molecule has 1 aliphatic heterocycles. The summed E-state index contributed by atoms with van der Waals surface area (Å²) in [5.74, 6) is 1.58. The third-order valence-electron chi connectivity index (χ3n) is 9.97. The Balaban J connectivity index is 1.10. The second-order valence-corrected chi connectivity index (χ2v) is 16.1. The number of amidine groups is 2. The van der Waals surface area contributed by atoms with Crippen LogP contribution in [0.1, 0.15) is 22.9 Å². The molecule has 1 atom stereocenters. The summed E-state index contributed by atoms with van der Waals surface area (Å²) in [5.41, 5.74) is 5.77. The van der Waals surface area contributed by atoms with E-state index in [0.29, 0.717) is 0 Å². The van der Waals surface area contributed by atoms with Gasteiger partial charge >= 0.3 is 0 Å². The molecule has 0 saturated heterocycles. The van der Waals surface area contributed by atoms with E-state index in [0.717, 1.165) is 28.4 Å². The molecule has 0 amide bonds. The number of benzene rings is 7. The van der Waals surface area contributed by atoms with Crippen molar-refractivity contribution in [3.8, 4) is 11.1 Å². The Morgan fingerprint density at radius 1 is 0.451 bits per heavy atom. The first kappa shape index (κ1) is 29.1. The van der Waals surface area contributed by atoms with Crippen molar-refractivity contribution in [2.24, 2.45) is 9.98 Å². The van der Waals surface area contributed by atoms with Gasteiger partial charge in [-0.1, -0.05) is 109 Å². The van der Waals surface area contributed by atoms with Gasteiger partial charge in [-0.15, -0.1) is 34.0 Å². The standard InChI is InChI=1S/C45H27N3S3/c1-2-11-26(12-3-1)43-46-44(48-45(47-43)34-19-9-17-32-29-14-5-7-21-37(29)51-42(32)34)27-23-24-38-35(25-27)40-30(15-10-22-39(40)49-38)33-18-8-16-31-28-13-4-6-20-36(28)50-41(31)33/h1-25,43H,(H,46,47,48). The van der Waals surface area contributed by atoms with Gasteiger partial charge in [0.2, 0.25) is 0 Å². The van der Waals surface area contributed by atoms with Crippen molar-refractivity contribution in [1.29, 1.82) is 0 Å². The van der Waals surface area contributed by atoms with Crippen LogP contribution in [0.25, 0.3) is 71.6 Å². The highest BCUT2D eigenvalue weighted by Crippen LogP contribution is 2.45. The first-order chi connectivity index (χ1) is 25.3. The first-order valence-corrected chi connectivity index (χ1v) is 19.5. The molecule has 0 bridgehead atoms. The highest BCUT2D eigenvalue weighted by atomic mass is 32.1. The number of hydrogen-bond acceptors (Lipinski definition) is 6. The maximum absolute atomic E-state index is 5.30. The molecule has 6 heteroatoms. The Bertz CT molecular complexity index is 3070. The van der Waals surface area contributed by atoms with Crippen molar-refractivity contribution in [3.63, 3.8) is 0 Å². The third kappa shape index (κ3) is 4.61. The minimum Gasteiger partial charge on any atom is -0.344 e. The van der Waals surface area contributed by atoms with E-state index >= 15 is 0 Å². The van der Waals surface area contributed by atoms with Crippen LogP contribution in [-0.4, -0.2) is 11.7 Å². The molecule has 240 valence electrons. The smallest absolute Gasteiger partial charge is 0.160 e. The van der Waals surface area contributed by atoms with Crippen LogP contribution in [-0.2, 0) is 0 Å². The fourth-order valence-electron chi connectivity index (χ4n) is 7.60. The Hall–Kier alpha value is -5.66. The van der Waals surface area contributed by atoms with Crippen molar-refractivity contribution in [1.82, 2.24) is 5.32 Å². The normalized spacial score (nSPS) is 14.9. The molecule has 7 aromatic carbocycles. The van der Waals surface area contributed by atoms with Crippen LogP contribution in [0.3, 0.4) is 0 Å². The summed E-state index contributed by atoms with van der Waals surface area (Å²) in [6.45, 7) is 0. The first-order valence-electron chi connectivity index (χ1n) is 17.0. The Kier molecular flexibility index (Phi) is 6.53. The zero-order chi connectivity index (χ0) is 33.5. The van der Waals surface area contributed by atoms with E-state index in [1.165, 1.54) is 71.6 Å². The lowest BCUT2D eigenvalue weighted by Gasteiger charge is -2.24. The van der Waals surface area contributed by atoms with Crippen LogP contribution < -0.4 is 5.32 Å². The van der Waals surface area contributed by atoms with Gasteiger partial charge in [-0.2, -0.15) is 0 Å². The molecule has 0 aliphatic carbocycles. The molecular formula is C45H27N3S3. The second kappa shape index (κ2) is 11.4. The van der Waals surface area contributed by atoms with E-state index in [-0.39, 0.29) is 6.17 Å². The zero-order valence-corrected chi connectivity index (χ0v) is 29.6. The van der Waals surface area contributed by atoms with Gasteiger partial charge in [0.05, 0.1) is 0 Å². The van der Waals surface area contributed by atoms with Crippen LogP contribution in [0.15, 0.2) is 162 Å². The number of aliphatic imine (C=N–C) groups is 2. The van der Waals surface area contributed by atoms with E-state index in [1.807, 2.05) is 34.0 Å². The van der Waals surface area contributed by atoms with Crippen molar-refractivity contribution in [3.05, 3.63) is 168 Å². The van der Waals surface area contributed by atoms with Gasteiger partial charge < -0.3 is 5.32 Å². The maximum Gasteiger partial charge on any atom is 0.160 e. The van der Waals surface area contributed by atoms with Gasteiger partial charge in [0.1, 0.15) is 12.0 Å². The summed E-state index contributed by atoms with van der Waals surface area (Å²) in [6.07, 6.45) is -0.269. The number of thiophene rings is 3. The van der Waals surface area contributed by atoms with E-state index in [1.54, 1.807) is 0 Å². The number of fused-ring (bicyclic) bond motifs is 9. The van der Waals surface area contributed by atoms with Crippen molar-refractivity contribution in [2.75, 3.05) is 0 Å². The molecule has 0 spiro atoms. The number of rotatable bonds is 4. The zero-order valence-electron chi connectivity index (χ0n) is 27.1. The van der Waals surface area contributed by atoms with Crippen LogP contribution in [0, 0.1) is 0 Å². The Labute approximate surface area is 305 Å². The van der Waals surface area contributed by atoms with Gasteiger partial charge in [0, 0.05) is 77.2 Å². The molecule has 0 fully saturated rings. The summed E-state index contributed by atoms with van der Waals surface area (Å²) < 4.78 is 7.70. The summed E-state index contributed by atoms with van der Waals surface area (Å²) in [6, 6.07) is 54.7. The van der Waals surface area contributed by atoms with Crippen molar-refractivity contribution < 1.29 is 0 Å². The van der Waals surface area contributed by atoms with Crippen LogP contribution in [0.5, 0.6) is 0 Å². The molecule has 1 aliphatic rings. The SMILES string of the molecule is c1ccc(C2N=C(c3cccc4c3sc3ccccc34)N=C(c3ccc4sc5cccc(-c6cccc7c6sc6ccccc67)c5c4c3)N2)cc1. The average Bonchev–Trinajstić information content (AvgIpc) is 3.89. The number of hydrogen-bond donors (Lipinski definition) is 1. The van der Waals surface area contributed by atoms with Gasteiger partial charge in [-0.3, -0.25) is 0 Å². The van der Waals surface area contributed by atoms with Crippen LogP contribution >= 0.6 is 34.0 Å². The van der Waals surface area contributed by atoms with Gasteiger partial charge in [-0.25, -0.2) is 9.98 Å². The highest BCUT2D eigenvalue weighted by molar-refractivity contribution is 7.27. The molecule has 3 aromatic heterocycles. The van der Waals surface area contributed by atoms with Gasteiger partial charge in [0.15, 0.2) is 5.84 Å². The average molecular weight is 706 g/mol. The molecule has 11 rings (SSSR count). The predicted molar refractivity (Wildman–Crippen MR) is 222 cm³/mol. The Morgan fingerprint density at radius 3 is 1.80 bits per heavy atom. The molecule has 0 saturated carbocycles. The Morgan fingerprint density at radius 2 is 1.04 bits per heavy atom. The lowest BCUT2D eigenvalue weighted by molar-refractivity contribution is 0.674. The summed E-state index contributed by atoms with van der Waals surface area (Å²) in [7, 11) is 0. The van der Waals surface area contributed by atoms with Gasteiger partial charge in [0.25, 0.3) is 0 Å². The van der Waals surface area contributed by atoms with Crippen LogP contribution in [0.2, 0.25) is 0 Å². The highest BCUT2D eigenvalue weighted by Gasteiger charge is 2.24. The van der Waals surface area contributed by atoms with Crippen LogP contribution in [0.4, 0.5) is 0 Å². The molecule has 3 nitrogen and oxygen atoms in total. The van der Waals surface area contributed by atoms with Crippen molar-refractivity contribution >= 4 is 106 Å². The second-order valence-electron chi connectivity index (χ2n) is 12.9. The van der Waals surface area contributed by atoms with E-state index in [9.17, 15) is 0 Å². The minimum absolute atomic E-state index is 0.269. The van der Waals surface area contributed by atoms with Gasteiger partial charge in [-0.05, 0) is 53.6 Å². The third-order valence-corrected chi connectivity index (χ3v) is 13.5. The molecule has 10 aromatic rings. The monoisotopic (exact) mass is 705 g/mol. The molecule has 1 unspecified atom stereocenters. The fourth-order valence-corrected chi connectivity index (χ4v) is 11.2. The molecular weight excluding hydrogens is 679 g/mol. The van der Waals surface area contributed by atoms with E-state index in [4.69, 9.17) is 9.98 Å². The lowest BCUT2D eigenvalue weighted by Crippen LogP contribution is -2.33. The minimum atomic E-state index is -0.269. The number of nitrogens with zero attached hydrogens (tertiary/aromatic N) is 2. The van der Waals surface area contributed by atoms with E-state index in [2.05, 4.69) is 157 Å².